The number of halogens is 3. The van der Waals surface area contributed by atoms with E-state index in [0.717, 1.165) is 11.1 Å². The third-order valence-electron chi connectivity index (χ3n) is 2.97. The third kappa shape index (κ3) is 3.75. The Hall–Kier alpha value is -1.45. The van der Waals surface area contributed by atoms with E-state index in [2.05, 4.69) is 5.32 Å². The van der Waals surface area contributed by atoms with Gasteiger partial charge in [0.05, 0.1) is 5.02 Å². The lowest BCUT2D eigenvalue weighted by Crippen LogP contribution is -2.18. The Kier molecular flexibility index (Phi) is 4.51. The molecule has 0 spiro atoms. The Bertz CT molecular complexity index is 555. The largest absolute Gasteiger partial charge is 0.306 e. The Labute approximate surface area is 116 Å². The monoisotopic (exact) mass is 281 g/mol. The van der Waals surface area contributed by atoms with E-state index >= 15 is 0 Å². The first-order valence-electron chi connectivity index (χ1n) is 5.99. The number of nitrogens with one attached hydrogen (secondary N) is 1. The van der Waals surface area contributed by atoms with Gasteiger partial charge in [-0.25, -0.2) is 8.78 Å². The first-order chi connectivity index (χ1) is 9.06. The van der Waals surface area contributed by atoms with E-state index in [9.17, 15) is 8.78 Å². The van der Waals surface area contributed by atoms with Crippen LogP contribution in [0.2, 0.25) is 5.02 Å². The second kappa shape index (κ2) is 6.13. The van der Waals surface area contributed by atoms with Gasteiger partial charge in [0.25, 0.3) is 0 Å². The summed E-state index contributed by atoms with van der Waals surface area (Å²) in [6, 6.07) is 11.1. The summed E-state index contributed by atoms with van der Waals surface area (Å²) in [6.07, 6.45) is 0. The fourth-order valence-corrected chi connectivity index (χ4v) is 1.99. The van der Waals surface area contributed by atoms with Crippen LogP contribution in [0.1, 0.15) is 24.1 Å². The second-order valence-electron chi connectivity index (χ2n) is 4.40. The highest BCUT2D eigenvalue weighted by Crippen LogP contribution is 2.17. The maximum atomic E-state index is 13.0. The molecule has 0 aliphatic heterocycles. The van der Waals surface area contributed by atoms with Crippen LogP contribution in [0.25, 0.3) is 0 Å². The lowest BCUT2D eigenvalue weighted by molar-refractivity contribution is 0.569. The average molecular weight is 282 g/mol. The van der Waals surface area contributed by atoms with E-state index in [-0.39, 0.29) is 16.9 Å². The van der Waals surface area contributed by atoms with Crippen LogP contribution in [0, 0.1) is 11.6 Å². The summed E-state index contributed by atoms with van der Waals surface area (Å²) in [7, 11) is 0. The van der Waals surface area contributed by atoms with E-state index in [1.54, 1.807) is 24.3 Å². The molecule has 0 amide bonds. The van der Waals surface area contributed by atoms with Crippen LogP contribution in [-0.2, 0) is 6.54 Å². The molecule has 0 aliphatic carbocycles. The van der Waals surface area contributed by atoms with Gasteiger partial charge in [0, 0.05) is 12.6 Å². The van der Waals surface area contributed by atoms with Gasteiger partial charge in [0.1, 0.15) is 11.6 Å². The molecule has 0 saturated carbocycles. The fourth-order valence-electron chi connectivity index (χ4n) is 1.79. The third-order valence-corrected chi connectivity index (χ3v) is 3.26. The molecule has 0 radical (unpaired) electrons. The predicted octanol–water partition coefficient (Wildman–Crippen LogP) is 4.47. The lowest BCUT2D eigenvalue weighted by Gasteiger charge is -2.14. The van der Waals surface area contributed by atoms with Gasteiger partial charge in [-0.2, -0.15) is 0 Å². The molecule has 1 N–H and O–H groups in total. The molecule has 0 saturated heterocycles. The normalized spacial score (nSPS) is 12.4. The van der Waals surface area contributed by atoms with Crippen LogP contribution in [0.15, 0.2) is 42.5 Å². The molecule has 0 bridgehead atoms. The maximum Gasteiger partial charge on any atom is 0.141 e. The molecule has 100 valence electrons. The highest BCUT2D eigenvalue weighted by Gasteiger charge is 2.06. The smallest absolute Gasteiger partial charge is 0.141 e. The molecular formula is C15H14ClF2N. The molecule has 2 rings (SSSR count). The summed E-state index contributed by atoms with van der Waals surface area (Å²) < 4.78 is 25.8. The molecule has 4 heteroatoms. The summed E-state index contributed by atoms with van der Waals surface area (Å²) in [4.78, 5) is 0. The minimum absolute atomic E-state index is 0.0735. The second-order valence-corrected chi connectivity index (χ2v) is 4.81. The fraction of sp³-hybridized carbons (Fsp3) is 0.200. The number of benzene rings is 2. The zero-order valence-electron chi connectivity index (χ0n) is 10.5. The van der Waals surface area contributed by atoms with Crippen molar-refractivity contribution in [2.24, 2.45) is 0 Å². The number of rotatable bonds is 4. The summed E-state index contributed by atoms with van der Waals surface area (Å²) >= 11 is 5.72. The van der Waals surface area contributed by atoms with Crippen molar-refractivity contribution in [1.82, 2.24) is 5.32 Å². The van der Waals surface area contributed by atoms with E-state index in [4.69, 9.17) is 11.6 Å². The predicted molar refractivity (Wildman–Crippen MR) is 73.1 cm³/mol. The van der Waals surface area contributed by atoms with Crippen molar-refractivity contribution >= 4 is 11.6 Å². The summed E-state index contributed by atoms with van der Waals surface area (Å²) in [5.41, 5.74) is 1.90. The molecule has 19 heavy (non-hydrogen) atoms. The molecule has 0 heterocycles. The topological polar surface area (TPSA) is 12.0 Å². The highest BCUT2D eigenvalue weighted by atomic mass is 35.5. The molecule has 0 aromatic heterocycles. The van der Waals surface area contributed by atoms with Crippen molar-refractivity contribution in [3.8, 4) is 0 Å². The number of hydrogen-bond acceptors (Lipinski definition) is 1. The van der Waals surface area contributed by atoms with Crippen LogP contribution in [0.3, 0.4) is 0 Å². The van der Waals surface area contributed by atoms with Crippen LogP contribution in [-0.4, -0.2) is 0 Å². The Morgan fingerprint density at radius 3 is 2.42 bits per heavy atom. The lowest BCUT2D eigenvalue weighted by atomic mass is 10.1. The first kappa shape index (κ1) is 14.0. The van der Waals surface area contributed by atoms with Crippen LogP contribution < -0.4 is 5.32 Å². The zero-order valence-corrected chi connectivity index (χ0v) is 11.2. The minimum Gasteiger partial charge on any atom is -0.306 e. The Morgan fingerprint density at radius 1 is 1.11 bits per heavy atom. The van der Waals surface area contributed by atoms with Crippen molar-refractivity contribution in [2.75, 3.05) is 0 Å². The van der Waals surface area contributed by atoms with Gasteiger partial charge >= 0.3 is 0 Å². The molecule has 0 unspecified atom stereocenters. The molecule has 2 aromatic rings. The maximum absolute atomic E-state index is 13.0. The van der Waals surface area contributed by atoms with E-state index in [1.807, 2.05) is 6.92 Å². The quantitative estimate of drug-likeness (QED) is 0.872. The van der Waals surface area contributed by atoms with Gasteiger partial charge in [0.15, 0.2) is 0 Å². The Balaban J connectivity index is 1.98. The van der Waals surface area contributed by atoms with Crippen LogP contribution >= 0.6 is 11.6 Å². The average Bonchev–Trinajstić information content (AvgIpc) is 2.40. The van der Waals surface area contributed by atoms with Crippen LogP contribution in [0.4, 0.5) is 8.78 Å². The molecule has 1 nitrogen and oxygen atoms in total. The van der Waals surface area contributed by atoms with Gasteiger partial charge in [-0.1, -0.05) is 29.8 Å². The van der Waals surface area contributed by atoms with Gasteiger partial charge in [-0.05, 0) is 42.3 Å². The highest BCUT2D eigenvalue weighted by molar-refractivity contribution is 6.30. The van der Waals surface area contributed by atoms with Gasteiger partial charge in [0.2, 0.25) is 0 Å². The summed E-state index contributed by atoms with van der Waals surface area (Å²) in [5, 5.41) is 3.40. The molecule has 0 fully saturated rings. The van der Waals surface area contributed by atoms with Crippen molar-refractivity contribution in [3.63, 3.8) is 0 Å². The van der Waals surface area contributed by atoms with Crippen molar-refractivity contribution in [3.05, 3.63) is 70.2 Å². The van der Waals surface area contributed by atoms with Gasteiger partial charge in [-0.3, -0.25) is 0 Å². The molecule has 2 aromatic carbocycles. The molecule has 1 atom stereocenters. The van der Waals surface area contributed by atoms with E-state index in [0.29, 0.717) is 6.54 Å². The van der Waals surface area contributed by atoms with Crippen LogP contribution in [0.5, 0.6) is 0 Å². The summed E-state index contributed by atoms with van der Waals surface area (Å²) in [5.74, 6) is -0.668. The molecular weight excluding hydrogens is 268 g/mol. The zero-order chi connectivity index (χ0) is 13.8. The van der Waals surface area contributed by atoms with Crippen molar-refractivity contribution in [2.45, 2.75) is 19.5 Å². The van der Waals surface area contributed by atoms with Gasteiger partial charge in [-0.15, -0.1) is 0 Å². The summed E-state index contributed by atoms with van der Waals surface area (Å²) in [6.45, 7) is 2.55. The first-order valence-corrected chi connectivity index (χ1v) is 6.37. The van der Waals surface area contributed by atoms with Gasteiger partial charge < -0.3 is 5.32 Å². The van der Waals surface area contributed by atoms with Crippen molar-refractivity contribution in [1.29, 1.82) is 0 Å². The Morgan fingerprint density at radius 2 is 1.79 bits per heavy atom. The van der Waals surface area contributed by atoms with E-state index < -0.39 is 5.82 Å². The SMILES string of the molecule is C[C@H](NCc1ccc(F)c(Cl)c1)c1ccc(F)cc1. The molecule has 0 aliphatic rings. The standard InChI is InChI=1S/C15H14ClF2N/c1-10(12-3-5-13(17)6-4-12)19-9-11-2-7-15(18)14(16)8-11/h2-8,10,19H,9H2,1H3/t10-/m0/s1. The van der Waals surface area contributed by atoms with E-state index in [1.165, 1.54) is 18.2 Å². The minimum atomic E-state index is -0.419. The number of hydrogen-bond donors (Lipinski definition) is 1. The van der Waals surface area contributed by atoms with Crippen molar-refractivity contribution < 1.29 is 8.78 Å².